The minimum Gasteiger partial charge on any atom is -0.363 e. The highest BCUT2D eigenvalue weighted by atomic mass is 32.1. The van der Waals surface area contributed by atoms with E-state index in [-0.39, 0.29) is 5.91 Å². The van der Waals surface area contributed by atoms with Crippen molar-refractivity contribution in [1.29, 1.82) is 5.26 Å². The molecular weight excluding hydrogens is 432 g/mol. The second-order valence-corrected chi connectivity index (χ2v) is 9.40. The molecule has 4 heterocycles. The number of carbonyl (C=O) groups is 1. The summed E-state index contributed by atoms with van der Waals surface area (Å²) in [4.78, 5) is 25.9. The van der Waals surface area contributed by atoms with Crippen LogP contribution in [0.25, 0.3) is 16.9 Å². The molecule has 5 rings (SSSR count). The molecule has 8 heteroatoms. The van der Waals surface area contributed by atoms with Crippen LogP contribution >= 0.6 is 11.3 Å². The van der Waals surface area contributed by atoms with E-state index in [9.17, 15) is 4.79 Å². The zero-order valence-corrected chi connectivity index (χ0v) is 19.4. The quantitative estimate of drug-likeness (QED) is 0.439. The third kappa shape index (κ3) is 4.08. The molecule has 1 aromatic carbocycles. The topological polar surface area (TPSA) is 77.5 Å². The number of rotatable bonds is 4. The zero-order valence-electron chi connectivity index (χ0n) is 18.6. The van der Waals surface area contributed by atoms with Crippen LogP contribution in [0.1, 0.15) is 35.8 Å². The molecule has 0 atom stereocenters. The number of carbonyl (C=O) groups excluding carboxylic acids is 1. The highest BCUT2D eigenvalue weighted by Gasteiger charge is 2.20. The molecule has 1 amide bonds. The first kappa shape index (κ1) is 21.2. The van der Waals surface area contributed by atoms with E-state index in [0.717, 1.165) is 30.3 Å². The molecule has 0 aliphatic carbocycles. The fourth-order valence-electron chi connectivity index (χ4n) is 4.12. The van der Waals surface area contributed by atoms with Crippen molar-refractivity contribution in [3.05, 3.63) is 65.6 Å². The van der Waals surface area contributed by atoms with Crippen LogP contribution in [0.2, 0.25) is 0 Å². The standard InChI is InChI=1S/C25H24N6OS/c1-17-7-9-30(10-8-17)24-11-19(16-33-24)22-13-28-23-14-27-21(15-31(22)23)25(32)29(2)20-5-3-18(12-26)4-6-20/h3-6,11,13-17H,7-10H2,1-2H3. The molecule has 0 spiro atoms. The Labute approximate surface area is 196 Å². The first-order valence-electron chi connectivity index (χ1n) is 11.0. The summed E-state index contributed by atoms with van der Waals surface area (Å²) >= 11 is 1.75. The fraction of sp³-hybridized carbons (Fsp3) is 0.280. The normalized spacial score (nSPS) is 14.4. The number of piperidine rings is 1. The number of imidazole rings is 1. The summed E-state index contributed by atoms with van der Waals surface area (Å²) in [6.45, 7) is 4.51. The van der Waals surface area contributed by atoms with Gasteiger partial charge in [-0.3, -0.25) is 9.20 Å². The number of hydrogen-bond acceptors (Lipinski definition) is 6. The molecule has 0 bridgehead atoms. The Bertz CT molecular complexity index is 1340. The number of hydrogen-bond donors (Lipinski definition) is 0. The van der Waals surface area contributed by atoms with Gasteiger partial charge in [0.1, 0.15) is 5.69 Å². The van der Waals surface area contributed by atoms with Crippen molar-refractivity contribution < 1.29 is 4.79 Å². The molecule has 0 unspecified atom stereocenters. The third-order valence-corrected chi connectivity index (χ3v) is 7.27. The van der Waals surface area contributed by atoms with Crippen molar-refractivity contribution in [3.8, 4) is 17.3 Å². The van der Waals surface area contributed by atoms with Gasteiger partial charge in [-0.25, -0.2) is 9.97 Å². The van der Waals surface area contributed by atoms with Gasteiger partial charge in [0.15, 0.2) is 5.65 Å². The number of aromatic nitrogens is 3. The van der Waals surface area contributed by atoms with E-state index in [1.165, 1.54) is 22.7 Å². The lowest BCUT2D eigenvalue weighted by molar-refractivity contribution is 0.0988. The van der Waals surface area contributed by atoms with Gasteiger partial charge in [0, 0.05) is 43.0 Å². The zero-order chi connectivity index (χ0) is 22.9. The number of thiophene rings is 1. The number of nitrogens with zero attached hydrogens (tertiary/aromatic N) is 6. The molecule has 3 aromatic heterocycles. The molecule has 4 aromatic rings. The maximum atomic E-state index is 13.1. The van der Waals surface area contributed by atoms with Gasteiger partial charge in [0.25, 0.3) is 5.91 Å². The van der Waals surface area contributed by atoms with E-state index < -0.39 is 0 Å². The highest BCUT2D eigenvalue weighted by Crippen LogP contribution is 2.34. The first-order chi connectivity index (χ1) is 16.0. The van der Waals surface area contributed by atoms with Crippen LogP contribution in [0.4, 0.5) is 10.7 Å². The van der Waals surface area contributed by atoms with Crippen LogP contribution in [-0.2, 0) is 0 Å². The van der Waals surface area contributed by atoms with Gasteiger partial charge in [-0.1, -0.05) is 6.92 Å². The summed E-state index contributed by atoms with van der Waals surface area (Å²) < 4.78 is 1.93. The molecule has 1 saturated heterocycles. The van der Waals surface area contributed by atoms with Gasteiger partial charge in [0.05, 0.1) is 34.7 Å². The van der Waals surface area contributed by atoms with E-state index in [1.807, 2.05) is 10.6 Å². The summed E-state index contributed by atoms with van der Waals surface area (Å²) in [5.74, 6) is 0.569. The van der Waals surface area contributed by atoms with Crippen molar-refractivity contribution in [1.82, 2.24) is 14.4 Å². The number of benzene rings is 1. The predicted octanol–water partition coefficient (Wildman–Crippen LogP) is 4.84. The minimum absolute atomic E-state index is 0.227. The molecular formula is C25H24N6OS. The lowest BCUT2D eigenvalue weighted by Crippen LogP contribution is -2.32. The predicted molar refractivity (Wildman–Crippen MR) is 131 cm³/mol. The van der Waals surface area contributed by atoms with Crippen molar-refractivity contribution in [2.24, 2.45) is 5.92 Å². The highest BCUT2D eigenvalue weighted by molar-refractivity contribution is 7.14. The lowest BCUT2D eigenvalue weighted by Gasteiger charge is -2.30. The van der Waals surface area contributed by atoms with Gasteiger partial charge in [-0.05, 0) is 49.1 Å². The monoisotopic (exact) mass is 456 g/mol. The first-order valence-corrected chi connectivity index (χ1v) is 11.9. The maximum absolute atomic E-state index is 13.1. The SMILES string of the molecule is CC1CCN(c2cc(-c3cnc4cnc(C(=O)N(C)c5ccc(C#N)cc5)cn34)cs2)CC1. The van der Waals surface area contributed by atoms with Crippen LogP contribution in [0.5, 0.6) is 0 Å². The average Bonchev–Trinajstić information content (AvgIpc) is 3.50. The van der Waals surface area contributed by atoms with Gasteiger partial charge in [0.2, 0.25) is 0 Å². The van der Waals surface area contributed by atoms with Crippen molar-refractivity contribution in [2.75, 3.05) is 29.9 Å². The molecule has 0 N–H and O–H groups in total. The maximum Gasteiger partial charge on any atom is 0.278 e. The van der Waals surface area contributed by atoms with E-state index in [1.54, 1.807) is 55.0 Å². The Morgan fingerprint density at radius 2 is 1.94 bits per heavy atom. The molecule has 1 fully saturated rings. The second kappa shape index (κ2) is 8.68. The van der Waals surface area contributed by atoms with Gasteiger partial charge in [-0.15, -0.1) is 11.3 Å². The van der Waals surface area contributed by atoms with Crippen LogP contribution in [0.15, 0.2) is 54.3 Å². The number of nitriles is 1. The molecule has 0 saturated carbocycles. The van der Waals surface area contributed by atoms with E-state index in [4.69, 9.17) is 5.26 Å². The summed E-state index contributed by atoms with van der Waals surface area (Å²) in [6.07, 6.45) is 7.67. The van der Waals surface area contributed by atoms with Crippen LogP contribution in [0.3, 0.4) is 0 Å². The summed E-state index contributed by atoms with van der Waals surface area (Å²) in [5.41, 5.74) is 4.30. The van der Waals surface area contributed by atoms with E-state index in [0.29, 0.717) is 22.6 Å². The van der Waals surface area contributed by atoms with Crippen molar-refractivity contribution >= 4 is 33.6 Å². The lowest BCUT2D eigenvalue weighted by atomic mass is 9.99. The summed E-state index contributed by atoms with van der Waals surface area (Å²) in [6, 6.07) is 11.2. The number of anilines is 2. The Hall–Kier alpha value is -3.70. The fourth-order valence-corrected chi connectivity index (χ4v) is 5.08. The Kier molecular flexibility index (Phi) is 5.56. The molecule has 7 nitrogen and oxygen atoms in total. The second-order valence-electron chi connectivity index (χ2n) is 8.51. The summed E-state index contributed by atoms with van der Waals surface area (Å²) in [7, 11) is 1.70. The Balaban J connectivity index is 1.42. The van der Waals surface area contributed by atoms with Crippen LogP contribution in [-0.4, -0.2) is 40.4 Å². The Morgan fingerprint density at radius 3 is 2.67 bits per heavy atom. The van der Waals surface area contributed by atoms with Crippen LogP contribution < -0.4 is 9.80 Å². The largest absolute Gasteiger partial charge is 0.363 e. The number of amides is 1. The molecule has 33 heavy (non-hydrogen) atoms. The summed E-state index contributed by atoms with van der Waals surface area (Å²) in [5, 5.41) is 12.4. The molecule has 1 aliphatic rings. The van der Waals surface area contributed by atoms with Crippen LogP contribution in [0, 0.1) is 17.2 Å². The van der Waals surface area contributed by atoms with Gasteiger partial charge < -0.3 is 9.80 Å². The number of fused-ring (bicyclic) bond motifs is 1. The van der Waals surface area contributed by atoms with E-state index >= 15 is 0 Å². The molecule has 0 radical (unpaired) electrons. The van der Waals surface area contributed by atoms with Gasteiger partial charge in [-0.2, -0.15) is 5.26 Å². The molecule has 1 aliphatic heterocycles. The smallest absolute Gasteiger partial charge is 0.278 e. The average molecular weight is 457 g/mol. The minimum atomic E-state index is -0.227. The third-order valence-electron chi connectivity index (χ3n) is 6.28. The van der Waals surface area contributed by atoms with Crippen molar-refractivity contribution in [2.45, 2.75) is 19.8 Å². The van der Waals surface area contributed by atoms with Crippen molar-refractivity contribution in [3.63, 3.8) is 0 Å². The Morgan fingerprint density at radius 1 is 1.18 bits per heavy atom. The van der Waals surface area contributed by atoms with E-state index in [2.05, 4.69) is 39.3 Å². The molecule has 166 valence electrons. The van der Waals surface area contributed by atoms with Gasteiger partial charge >= 0.3 is 0 Å².